The Kier molecular flexibility index (Phi) is 2.80. The molecule has 1 rings (SSSR count). The Labute approximate surface area is 83.4 Å². The number of nitrogens with two attached hydrogens (primary N) is 1. The molecule has 0 aliphatic rings. The van der Waals surface area contributed by atoms with Gasteiger partial charge in [0.15, 0.2) is 0 Å². The first-order valence-electron chi connectivity index (χ1n) is 3.61. The highest BCUT2D eigenvalue weighted by molar-refractivity contribution is 6.34. The molecule has 0 saturated carbocycles. The maximum absolute atomic E-state index is 11.8. The maximum Gasteiger partial charge on any atom is 0.573 e. The third kappa shape index (κ3) is 2.45. The van der Waals surface area contributed by atoms with E-state index >= 15 is 0 Å². The fourth-order valence-electron chi connectivity index (χ4n) is 0.873. The number of hydrogen-bond donors (Lipinski definition) is 1. The summed E-state index contributed by atoms with van der Waals surface area (Å²) in [6.45, 7) is 1.64. The molecule has 0 aliphatic carbocycles. The van der Waals surface area contributed by atoms with Crippen LogP contribution in [0.25, 0.3) is 0 Å². The summed E-state index contributed by atoms with van der Waals surface area (Å²) in [6, 6.07) is 2.53. The average molecular weight is 226 g/mol. The molecule has 0 aliphatic heterocycles. The van der Waals surface area contributed by atoms with Crippen molar-refractivity contribution in [1.82, 2.24) is 0 Å². The third-order valence-corrected chi connectivity index (χ3v) is 1.98. The summed E-state index contributed by atoms with van der Waals surface area (Å²) in [5.74, 6) is -0.484. The second kappa shape index (κ2) is 3.57. The molecule has 2 N–H and O–H groups in total. The van der Waals surface area contributed by atoms with Gasteiger partial charge in [0.05, 0.1) is 5.69 Å². The molecular formula is C8H7ClF3NO. The molecule has 0 amide bonds. The lowest BCUT2D eigenvalue weighted by molar-refractivity contribution is -0.274. The van der Waals surface area contributed by atoms with Crippen LogP contribution in [0.1, 0.15) is 5.56 Å². The lowest BCUT2D eigenvalue weighted by Gasteiger charge is -2.12. The van der Waals surface area contributed by atoms with Crippen LogP contribution in [0, 0.1) is 6.92 Å². The van der Waals surface area contributed by atoms with Crippen molar-refractivity contribution in [2.75, 3.05) is 5.73 Å². The number of anilines is 1. The Bertz CT molecular complexity index is 351. The lowest BCUT2D eigenvalue weighted by Crippen LogP contribution is -2.17. The van der Waals surface area contributed by atoms with Crippen LogP contribution in [0.5, 0.6) is 5.75 Å². The highest BCUT2D eigenvalue weighted by Gasteiger charge is 2.32. The van der Waals surface area contributed by atoms with E-state index in [-0.39, 0.29) is 10.7 Å². The summed E-state index contributed by atoms with van der Waals surface area (Å²) >= 11 is 5.55. The van der Waals surface area contributed by atoms with Gasteiger partial charge in [-0.2, -0.15) is 0 Å². The highest BCUT2D eigenvalue weighted by Crippen LogP contribution is 2.35. The smallest absolute Gasteiger partial charge is 0.404 e. The van der Waals surface area contributed by atoms with Crippen LogP contribution < -0.4 is 10.5 Å². The van der Waals surface area contributed by atoms with Crippen LogP contribution in [0.4, 0.5) is 18.9 Å². The van der Waals surface area contributed by atoms with E-state index in [0.29, 0.717) is 5.56 Å². The molecule has 0 atom stereocenters. The summed E-state index contributed by atoms with van der Waals surface area (Å²) in [6.07, 6.45) is -4.76. The predicted molar refractivity (Wildman–Crippen MR) is 47.3 cm³/mol. The lowest BCUT2D eigenvalue weighted by atomic mass is 10.2. The van der Waals surface area contributed by atoms with Crippen molar-refractivity contribution in [3.8, 4) is 5.75 Å². The third-order valence-electron chi connectivity index (χ3n) is 1.59. The number of benzene rings is 1. The fraction of sp³-hybridized carbons (Fsp3) is 0.250. The van der Waals surface area contributed by atoms with Crippen LogP contribution >= 0.6 is 11.6 Å². The molecule has 0 heterocycles. The molecule has 0 aromatic heterocycles. The Hall–Kier alpha value is -1.10. The summed E-state index contributed by atoms with van der Waals surface area (Å²) in [5, 5.41) is -0.220. The molecule has 1 aromatic carbocycles. The molecule has 0 spiro atoms. The Morgan fingerprint density at radius 2 is 1.93 bits per heavy atom. The zero-order valence-electron chi connectivity index (χ0n) is 7.15. The summed E-state index contributed by atoms with van der Waals surface area (Å²) < 4.78 is 39.2. The number of alkyl halides is 3. The van der Waals surface area contributed by atoms with Gasteiger partial charge >= 0.3 is 6.36 Å². The van der Waals surface area contributed by atoms with Gasteiger partial charge in [0, 0.05) is 0 Å². The topological polar surface area (TPSA) is 35.2 Å². The molecule has 0 unspecified atom stereocenters. The van der Waals surface area contributed by atoms with Crippen molar-refractivity contribution in [2.24, 2.45) is 0 Å². The van der Waals surface area contributed by atoms with Crippen LogP contribution in [-0.4, -0.2) is 6.36 Å². The number of hydrogen-bond acceptors (Lipinski definition) is 2. The van der Waals surface area contributed by atoms with E-state index in [2.05, 4.69) is 4.74 Å². The minimum absolute atomic E-state index is 0.0911. The van der Waals surface area contributed by atoms with E-state index in [0.717, 1.165) is 6.07 Å². The molecule has 14 heavy (non-hydrogen) atoms. The Morgan fingerprint density at radius 1 is 1.36 bits per heavy atom. The number of aryl methyl sites for hydroxylation is 1. The van der Waals surface area contributed by atoms with Crippen molar-refractivity contribution in [1.29, 1.82) is 0 Å². The quantitative estimate of drug-likeness (QED) is 0.746. The minimum atomic E-state index is -4.76. The second-order valence-electron chi connectivity index (χ2n) is 2.66. The zero-order chi connectivity index (χ0) is 10.9. The van der Waals surface area contributed by atoms with Crippen LogP contribution in [-0.2, 0) is 0 Å². The second-order valence-corrected chi connectivity index (χ2v) is 3.03. The van der Waals surface area contributed by atoms with E-state index in [1.807, 2.05) is 0 Å². The van der Waals surface area contributed by atoms with E-state index in [4.69, 9.17) is 17.3 Å². The molecule has 0 saturated heterocycles. The van der Waals surface area contributed by atoms with Gasteiger partial charge in [0.25, 0.3) is 0 Å². The van der Waals surface area contributed by atoms with E-state index < -0.39 is 12.1 Å². The summed E-state index contributed by atoms with van der Waals surface area (Å²) in [5.41, 5.74) is 6.11. The minimum Gasteiger partial charge on any atom is -0.404 e. The first kappa shape index (κ1) is 11.0. The van der Waals surface area contributed by atoms with Gasteiger partial charge in [-0.15, -0.1) is 13.2 Å². The van der Waals surface area contributed by atoms with Crippen molar-refractivity contribution < 1.29 is 17.9 Å². The highest BCUT2D eigenvalue weighted by atomic mass is 35.5. The largest absolute Gasteiger partial charge is 0.573 e. The van der Waals surface area contributed by atoms with Gasteiger partial charge in [-0.3, -0.25) is 0 Å². The summed E-state index contributed by atoms with van der Waals surface area (Å²) in [7, 11) is 0. The molecule has 0 radical (unpaired) electrons. The Morgan fingerprint density at radius 3 is 2.43 bits per heavy atom. The SMILES string of the molecule is Cc1ccc(OC(F)(F)F)c(Cl)c1N. The monoisotopic (exact) mass is 225 g/mol. The van der Waals surface area contributed by atoms with Gasteiger partial charge in [0.1, 0.15) is 10.8 Å². The van der Waals surface area contributed by atoms with Gasteiger partial charge < -0.3 is 10.5 Å². The zero-order valence-corrected chi connectivity index (χ0v) is 7.91. The normalized spacial score (nSPS) is 11.5. The summed E-state index contributed by atoms with van der Waals surface area (Å²) in [4.78, 5) is 0. The van der Waals surface area contributed by atoms with Crippen molar-refractivity contribution in [2.45, 2.75) is 13.3 Å². The Balaban J connectivity index is 3.06. The molecular weight excluding hydrogens is 219 g/mol. The molecule has 0 fully saturated rings. The molecule has 0 bridgehead atoms. The van der Waals surface area contributed by atoms with Gasteiger partial charge in [-0.05, 0) is 18.6 Å². The number of nitrogen functional groups attached to an aromatic ring is 1. The number of rotatable bonds is 1. The standard InChI is InChI=1S/C8H7ClF3NO/c1-4-2-3-5(6(9)7(4)13)14-8(10,11)12/h2-3H,13H2,1H3. The van der Waals surface area contributed by atoms with Gasteiger partial charge in [0.2, 0.25) is 0 Å². The number of ether oxygens (including phenoxy) is 1. The van der Waals surface area contributed by atoms with Crippen molar-refractivity contribution >= 4 is 17.3 Å². The van der Waals surface area contributed by atoms with Crippen molar-refractivity contribution in [3.63, 3.8) is 0 Å². The average Bonchev–Trinajstić information content (AvgIpc) is 2.04. The first-order chi connectivity index (χ1) is 6.31. The molecule has 2 nitrogen and oxygen atoms in total. The van der Waals surface area contributed by atoms with Crippen LogP contribution in [0.3, 0.4) is 0 Å². The predicted octanol–water partition coefficient (Wildman–Crippen LogP) is 3.13. The van der Waals surface area contributed by atoms with E-state index in [1.165, 1.54) is 6.07 Å². The van der Waals surface area contributed by atoms with Crippen LogP contribution in [0.15, 0.2) is 12.1 Å². The van der Waals surface area contributed by atoms with E-state index in [1.54, 1.807) is 6.92 Å². The molecule has 78 valence electrons. The van der Waals surface area contributed by atoms with E-state index in [9.17, 15) is 13.2 Å². The van der Waals surface area contributed by atoms with Crippen LogP contribution in [0.2, 0.25) is 5.02 Å². The fourth-order valence-corrected chi connectivity index (χ4v) is 1.12. The maximum atomic E-state index is 11.8. The van der Waals surface area contributed by atoms with Gasteiger partial charge in [-0.25, -0.2) is 0 Å². The number of halogens is 4. The molecule has 6 heteroatoms. The van der Waals surface area contributed by atoms with Crippen molar-refractivity contribution in [3.05, 3.63) is 22.7 Å². The molecule has 1 aromatic rings. The first-order valence-corrected chi connectivity index (χ1v) is 3.99. The van der Waals surface area contributed by atoms with Gasteiger partial charge in [-0.1, -0.05) is 17.7 Å².